The molecule has 1 fully saturated rings. The van der Waals surface area contributed by atoms with E-state index in [0.717, 1.165) is 11.7 Å². The van der Waals surface area contributed by atoms with Crippen molar-refractivity contribution in [2.24, 2.45) is 5.84 Å². The van der Waals surface area contributed by atoms with Crippen LogP contribution in [0, 0.1) is 13.8 Å². The normalized spacial score (nSPS) is 24.6. The lowest BCUT2D eigenvalue weighted by Crippen LogP contribution is -2.49. The van der Waals surface area contributed by atoms with Crippen LogP contribution >= 0.6 is 23.5 Å². The highest BCUT2D eigenvalue weighted by Crippen LogP contribution is 2.35. The second-order valence-corrected chi connectivity index (χ2v) is 8.26. The van der Waals surface area contributed by atoms with Crippen LogP contribution in [0.3, 0.4) is 0 Å². The maximum absolute atomic E-state index is 5.87. The molecule has 1 aliphatic rings. The summed E-state index contributed by atoms with van der Waals surface area (Å²) >= 11 is 4.21. The topological polar surface area (TPSA) is 38.0 Å². The number of hydrogen-bond donors (Lipinski definition) is 2. The molecule has 0 radical (unpaired) electrons. The molecular formula is C16H26N2S2. The van der Waals surface area contributed by atoms with Gasteiger partial charge in [-0.05, 0) is 32.3 Å². The van der Waals surface area contributed by atoms with Crippen LogP contribution in [0.1, 0.15) is 30.0 Å². The van der Waals surface area contributed by atoms with E-state index in [-0.39, 0.29) is 0 Å². The summed E-state index contributed by atoms with van der Waals surface area (Å²) in [5.74, 6) is 8.40. The Labute approximate surface area is 131 Å². The van der Waals surface area contributed by atoms with Gasteiger partial charge in [-0.2, -0.15) is 23.5 Å². The molecule has 2 rings (SSSR count). The predicted molar refractivity (Wildman–Crippen MR) is 93.5 cm³/mol. The first-order chi connectivity index (χ1) is 9.63. The average molecular weight is 311 g/mol. The van der Waals surface area contributed by atoms with Crippen molar-refractivity contribution in [3.8, 4) is 0 Å². The molecule has 1 saturated heterocycles. The van der Waals surface area contributed by atoms with Gasteiger partial charge in [0.15, 0.2) is 0 Å². The summed E-state index contributed by atoms with van der Waals surface area (Å²) in [5, 5.41) is 1.34. The van der Waals surface area contributed by atoms with Gasteiger partial charge in [-0.3, -0.25) is 11.3 Å². The van der Waals surface area contributed by atoms with Crippen LogP contribution in [-0.4, -0.2) is 28.0 Å². The minimum Gasteiger partial charge on any atom is -0.271 e. The molecule has 0 saturated carbocycles. The standard InChI is InChI=1S/C16H26N2S2/c1-4-15-16(20-6-5-19-15)14(18-17)10-13-8-11(2)7-12(3)9-13/h7-9,14-16,18H,4-6,10,17H2,1-3H3. The van der Waals surface area contributed by atoms with Crippen molar-refractivity contribution in [3.63, 3.8) is 0 Å². The van der Waals surface area contributed by atoms with Crippen molar-refractivity contribution in [2.45, 2.75) is 50.2 Å². The van der Waals surface area contributed by atoms with Crippen LogP contribution in [0.2, 0.25) is 0 Å². The first-order valence-corrected chi connectivity index (χ1v) is 9.50. The number of rotatable bonds is 5. The minimum atomic E-state index is 0.360. The predicted octanol–water partition coefficient (Wildman–Crippen LogP) is 3.31. The smallest absolute Gasteiger partial charge is 0.0380 e. The third-order valence-electron chi connectivity index (χ3n) is 3.84. The lowest BCUT2D eigenvalue weighted by Gasteiger charge is -2.35. The molecule has 112 valence electrons. The molecule has 0 amide bonds. The van der Waals surface area contributed by atoms with Gasteiger partial charge in [0.05, 0.1) is 0 Å². The van der Waals surface area contributed by atoms with Gasteiger partial charge < -0.3 is 0 Å². The quantitative estimate of drug-likeness (QED) is 0.646. The first kappa shape index (κ1) is 16.2. The van der Waals surface area contributed by atoms with Gasteiger partial charge in [-0.15, -0.1) is 0 Å². The van der Waals surface area contributed by atoms with E-state index in [1.54, 1.807) is 0 Å². The Balaban J connectivity index is 2.11. The summed E-state index contributed by atoms with van der Waals surface area (Å²) in [6.45, 7) is 6.63. The average Bonchev–Trinajstić information content (AvgIpc) is 2.43. The summed E-state index contributed by atoms with van der Waals surface area (Å²) in [7, 11) is 0. The van der Waals surface area contributed by atoms with E-state index in [4.69, 9.17) is 5.84 Å². The zero-order valence-corrected chi connectivity index (χ0v) is 14.3. The van der Waals surface area contributed by atoms with E-state index in [1.165, 1.54) is 34.6 Å². The molecular weight excluding hydrogens is 284 g/mol. The Morgan fingerprint density at radius 1 is 1.20 bits per heavy atom. The van der Waals surface area contributed by atoms with Gasteiger partial charge in [-0.25, -0.2) is 0 Å². The number of nitrogens with one attached hydrogen (secondary N) is 1. The molecule has 3 unspecified atom stereocenters. The molecule has 0 spiro atoms. The lowest BCUT2D eigenvalue weighted by atomic mass is 9.98. The Morgan fingerprint density at radius 3 is 2.45 bits per heavy atom. The highest BCUT2D eigenvalue weighted by atomic mass is 32.2. The second kappa shape index (κ2) is 7.74. The molecule has 1 aliphatic heterocycles. The lowest BCUT2D eigenvalue weighted by molar-refractivity contribution is 0.490. The van der Waals surface area contributed by atoms with Gasteiger partial charge in [0.2, 0.25) is 0 Å². The molecule has 1 aromatic rings. The number of thioether (sulfide) groups is 2. The zero-order valence-electron chi connectivity index (χ0n) is 12.7. The van der Waals surface area contributed by atoms with Crippen LogP contribution in [0.25, 0.3) is 0 Å². The molecule has 0 aromatic heterocycles. The number of aryl methyl sites for hydroxylation is 2. The van der Waals surface area contributed by atoms with Crippen molar-refractivity contribution in [3.05, 3.63) is 34.9 Å². The minimum absolute atomic E-state index is 0.360. The molecule has 20 heavy (non-hydrogen) atoms. The van der Waals surface area contributed by atoms with Gasteiger partial charge in [0.1, 0.15) is 0 Å². The maximum atomic E-state index is 5.87. The monoisotopic (exact) mass is 310 g/mol. The summed E-state index contributed by atoms with van der Waals surface area (Å²) in [4.78, 5) is 0. The second-order valence-electron chi connectivity index (χ2n) is 5.63. The zero-order chi connectivity index (χ0) is 14.5. The van der Waals surface area contributed by atoms with E-state index in [2.05, 4.69) is 67.9 Å². The van der Waals surface area contributed by atoms with E-state index < -0.39 is 0 Å². The number of benzene rings is 1. The maximum Gasteiger partial charge on any atom is 0.0380 e. The van der Waals surface area contributed by atoms with Crippen molar-refractivity contribution in [1.29, 1.82) is 0 Å². The van der Waals surface area contributed by atoms with Crippen LogP contribution in [0.5, 0.6) is 0 Å². The molecule has 0 aliphatic carbocycles. The largest absolute Gasteiger partial charge is 0.271 e. The summed E-state index contributed by atoms with van der Waals surface area (Å²) in [6.07, 6.45) is 2.25. The molecule has 4 heteroatoms. The Bertz CT molecular complexity index is 416. The SMILES string of the molecule is CCC1SCCSC1C(Cc1cc(C)cc(C)c1)NN. The van der Waals surface area contributed by atoms with Crippen LogP contribution in [0.4, 0.5) is 0 Å². The van der Waals surface area contributed by atoms with E-state index in [1.807, 2.05) is 0 Å². The summed E-state index contributed by atoms with van der Waals surface area (Å²) in [6, 6.07) is 7.17. The number of hydrazine groups is 1. The molecule has 1 heterocycles. The summed E-state index contributed by atoms with van der Waals surface area (Å²) < 4.78 is 0. The Morgan fingerprint density at radius 2 is 1.85 bits per heavy atom. The molecule has 0 bridgehead atoms. The number of nitrogens with two attached hydrogens (primary N) is 1. The third-order valence-corrected chi connectivity index (χ3v) is 7.25. The van der Waals surface area contributed by atoms with Crippen molar-refractivity contribution < 1.29 is 0 Å². The van der Waals surface area contributed by atoms with Gasteiger partial charge >= 0.3 is 0 Å². The van der Waals surface area contributed by atoms with E-state index in [9.17, 15) is 0 Å². The third kappa shape index (κ3) is 4.17. The summed E-state index contributed by atoms with van der Waals surface area (Å²) in [5.41, 5.74) is 7.17. The highest BCUT2D eigenvalue weighted by molar-refractivity contribution is 8.07. The van der Waals surface area contributed by atoms with Gasteiger partial charge in [0, 0.05) is 28.0 Å². The fourth-order valence-corrected chi connectivity index (χ4v) is 6.27. The Hall–Kier alpha value is -0.160. The molecule has 2 nitrogen and oxygen atoms in total. The molecule has 1 aromatic carbocycles. The van der Waals surface area contributed by atoms with Crippen LogP contribution < -0.4 is 11.3 Å². The van der Waals surface area contributed by atoms with E-state index >= 15 is 0 Å². The fraction of sp³-hybridized carbons (Fsp3) is 0.625. The van der Waals surface area contributed by atoms with Crippen molar-refractivity contribution in [1.82, 2.24) is 5.43 Å². The van der Waals surface area contributed by atoms with Crippen molar-refractivity contribution in [2.75, 3.05) is 11.5 Å². The fourth-order valence-electron chi connectivity index (χ4n) is 3.02. The van der Waals surface area contributed by atoms with Crippen LogP contribution in [0.15, 0.2) is 18.2 Å². The first-order valence-electron chi connectivity index (χ1n) is 7.40. The van der Waals surface area contributed by atoms with Gasteiger partial charge in [-0.1, -0.05) is 36.2 Å². The van der Waals surface area contributed by atoms with E-state index in [0.29, 0.717) is 11.3 Å². The van der Waals surface area contributed by atoms with Gasteiger partial charge in [0.25, 0.3) is 0 Å². The molecule has 3 atom stereocenters. The number of hydrogen-bond acceptors (Lipinski definition) is 4. The van der Waals surface area contributed by atoms with Crippen LogP contribution in [-0.2, 0) is 6.42 Å². The highest BCUT2D eigenvalue weighted by Gasteiger charge is 2.31. The Kier molecular flexibility index (Phi) is 6.27. The molecule has 3 N–H and O–H groups in total. The van der Waals surface area contributed by atoms with Crippen molar-refractivity contribution >= 4 is 23.5 Å².